The molecule has 0 bridgehead atoms. The van der Waals surface area contributed by atoms with Crippen LogP contribution in [0, 0.1) is 0 Å². The largest absolute Gasteiger partial charge is 0.490 e. The number of benzene rings is 2. The Labute approximate surface area is 262 Å². The molecule has 23 heteroatoms. The molecule has 5 rings (SSSR count). The predicted molar refractivity (Wildman–Crippen MR) is 155 cm³/mol. The molecule has 1 fully saturated rings. The maximum atomic E-state index is 14.0. The van der Waals surface area contributed by atoms with Crippen LogP contribution in [-0.2, 0) is 31.6 Å². The number of nitrogen functional groups attached to an aromatic ring is 1. The highest BCUT2D eigenvalue weighted by atomic mass is 31.3. The molecular weight excluding hydrogens is 691 g/mol. The standard InChI is InChI=1S/C24H24N5O15P3/c25-21-17-22(27-11-26-21)29(12-28-17)23-20(42-46(37,38)44-47(39,40)43-45(34,35)36)24(33,16(10-30)41-23)19(32)15-8-6-14(7-9-15)18(31)13-4-2-1-3-5-13/h1-9,11-12,16,20,23,30,33H,10H2,(H,37,38)(H,39,40)(H2,25,26,27)(H2,34,35,36)/t16-,20+,23-,24+/m1/s1. The van der Waals surface area contributed by atoms with Gasteiger partial charge in [-0.25, -0.2) is 28.6 Å². The first kappa shape index (κ1) is 34.7. The summed E-state index contributed by atoms with van der Waals surface area (Å²) in [7, 11) is -17.9. The molecule has 1 saturated heterocycles. The van der Waals surface area contributed by atoms with Crippen LogP contribution < -0.4 is 5.73 Å². The van der Waals surface area contributed by atoms with E-state index in [-0.39, 0.29) is 28.1 Å². The third-order valence-corrected chi connectivity index (χ3v) is 10.6. The minimum absolute atomic E-state index is 0.0332. The molecule has 0 saturated carbocycles. The second-order valence-electron chi connectivity index (χ2n) is 9.82. The van der Waals surface area contributed by atoms with Gasteiger partial charge in [-0.05, 0) is 0 Å². The summed E-state index contributed by atoms with van der Waals surface area (Å²) >= 11 is 0. The van der Waals surface area contributed by atoms with E-state index in [0.29, 0.717) is 5.56 Å². The molecule has 0 aliphatic carbocycles. The molecule has 250 valence electrons. The predicted octanol–water partition coefficient (Wildman–Crippen LogP) is 0.855. The third kappa shape index (κ3) is 7.15. The highest BCUT2D eigenvalue weighted by Gasteiger charge is 2.64. The SMILES string of the molecule is Nc1ncnc2c1ncn2[C@@H]1O[C@H](CO)[C@](O)(C(=O)c2ccc(C(=O)c3ccccc3)cc2)[C@H]1OP(=O)(O)OP(=O)(O)OP(=O)(O)O. The molecule has 47 heavy (non-hydrogen) atoms. The lowest BCUT2D eigenvalue weighted by Crippen LogP contribution is -2.56. The summed E-state index contributed by atoms with van der Waals surface area (Å²) < 4.78 is 55.4. The lowest BCUT2D eigenvalue weighted by atomic mass is 9.84. The molecule has 4 aromatic rings. The number of nitrogens with two attached hydrogens (primary N) is 1. The summed E-state index contributed by atoms with van der Waals surface area (Å²) in [4.78, 5) is 76.4. The number of fused-ring (bicyclic) bond motifs is 1. The van der Waals surface area contributed by atoms with E-state index in [2.05, 4.69) is 23.6 Å². The molecule has 1 aliphatic heterocycles. The van der Waals surface area contributed by atoms with Gasteiger partial charge >= 0.3 is 23.5 Å². The zero-order valence-corrected chi connectivity index (χ0v) is 26.0. The van der Waals surface area contributed by atoms with Crippen molar-refractivity contribution in [2.24, 2.45) is 0 Å². The van der Waals surface area contributed by atoms with Gasteiger partial charge < -0.3 is 40.3 Å². The zero-order valence-electron chi connectivity index (χ0n) is 23.4. The number of hydrogen-bond donors (Lipinski definition) is 7. The first-order valence-corrected chi connectivity index (χ1v) is 17.5. The number of carbonyl (C=O) groups is 2. The third-order valence-electron chi connectivity index (χ3n) is 6.79. The molecule has 0 spiro atoms. The lowest BCUT2D eigenvalue weighted by Gasteiger charge is -2.32. The molecule has 0 radical (unpaired) electrons. The van der Waals surface area contributed by atoms with E-state index < -0.39 is 65.7 Å². The van der Waals surface area contributed by atoms with E-state index >= 15 is 0 Å². The molecule has 1 aliphatic rings. The number of rotatable bonds is 12. The minimum Gasteiger partial charge on any atom is -0.394 e. The van der Waals surface area contributed by atoms with Gasteiger partial charge in [-0.1, -0.05) is 54.6 Å². The van der Waals surface area contributed by atoms with Crippen LogP contribution in [0.3, 0.4) is 0 Å². The second-order valence-corrected chi connectivity index (χ2v) is 14.2. The molecular formula is C24H24N5O15P3. The molecule has 3 heterocycles. The topological polar surface area (TPSA) is 313 Å². The van der Waals surface area contributed by atoms with E-state index in [0.717, 1.165) is 29.4 Å². The maximum absolute atomic E-state index is 14.0. The van der Waals surface area contributed by atoms with Crippen molar-refractivity contribution in [1.29, 1.82) is 0 Å². The number of aliphatic hydroxyl groups excluding tert-OH is 1. The summed E-state index contributed by atoms with van der Waals surface area (Å²) in [6.07, 6.45) is -4.27. The molecule has 2 aromatic heterocycles. The van der Waals surface area contributed by atoms with Gasteiger partial charge in [0.15, 0.2) is 41.0 Å². The van der Waals surface area contributed by atoms with Crippen molar-refractivity contribution in [2.75, 3.05) is 12.3 Å². The number of Topliss-reactive ketones (excluding diaryl/α,β-unsaturated/α-hetero) is 1. The van der Waals surface area contributed by atoms with E-state index in [1.807, 2.05) is 0 Å². The highest BCUT2D eigenvalue weighted by molar-refractivity contribution is 7.66. The van der Waals surface area contributed by atoms with Crippen molar-refractivity contribution in [3.8, 4) is 0 Å². The number of aliphatic hydroxyl groups is 2. The fourth-order valence-electron chi connectivity index (χ4n) is 4.80. The van der Waals surface area contributed by atoms with Gasteiger partial charge in [0.1, 0.15) is 17.9 Å². The van der Waals surface area contributed by atoms with Crippen LogP contribution in [0.25, 0.3) is 11.2 Å². The molecule has 0 amide bonds. The summed E-state index contributed by atoms with van der Waals surface area (Å²) in [6, 6.07) is 12.9. The van der Waals surface area contributed by atoms with Crippen molar-refractivity contribution >= 4 is 52.0 Å². The minimum atomic E-state index is -6.05. The first-order chi connectivity index (χ1) is 22.0. The van der Waals surface area contributed by atoms with E-state index in [1.165, 1.54) is 12.1 Å². The number of hydrogen-bond acceptors (Lipinski definition) is 15. The lowest BCUT2D eigenvalue weighted by molar-refractivity contribution is -0.0693. The monoisotopic (exact) mass is 715 g/mol. The molecule has 2 aromatic carbocycles. The van der Waals surface area contributed by atoms with Crippen molar-refractivity contribution in [3.05, 3.63) is 83.9 Å². The van der Waals surface area contributed by atoms with Crippen LogP contribution in [-0.4, -0.2) is 85.3 Å². The fraction of sp³-hybridized carbons (Fsp3) is 0.208. The number of anilines is 1. The van der Waals surface area contributed by atoms with Crippen LogP contribution >= 0.6 is 23.5 Å². The van der Waals surface area contributed by atoms with Crippen LogP contribution in [0.5, 0.6) is 0 Å². The smallest absolute Gasteiger partial charge is 0.394 e. The zero-order chi connectivity index (χ0) is 34.4. The Hall–Kier alpha value is -3.58. The average molecular weight is 715 g/mol. The quantitative estimate of drug-likeness (QED) is 0.0789. The van der Waals surface area contributed by atoms with Crippen molar-refractivity contribution in [1.82, 2.24) is 19.5 Å². The Bertz CT molecular complexity index is 1970. The van der Waals surface area contributed by atoms with Crippen LogP contribution in [0.15, 0.2) is 67.3 Å². The normalized spacial score (nSPS) is 24.1. The Kier molecular flexibility index (Phi) is 9.46. The van der Waals surface area contributed by atoms with E-state index in [1.54, 1.807) is 30.3 Å². The fourth-order valence-corrected chi connectivity index (χ4v) is 8.02. The van der Waals surface area contributed by atoms with Gasteiger partial charge in [-0.3, -0.25) is 18.7 Å². The average Bonchev–Trinajstić information content (AvgIpc) is 3.54. The van der Waals surface area contributed by atoms with Crippen molar-refractivity contribution in [3.63, 3.8) is 0 Å². The van der Waals surface area contributed by atoms with Crippen LogP contribution in [0.4, 0.5) is 5.82 Å². The first-order valence-electron chi connectivity index (χ1n) is 12.9. The van der Waals surface area contributed by atoms with Gasteiger partial charge in [0.25, 0.3) is 0 Å². The van der Waals surface area contributed by atoms with Gasteiger partial charge in [0.2, 0.25) is 0 Å². The molecule has 2 unspecified atom stereocenters. The Morgan fingerprint density at radius 1 is 0.894 bits per heavy atom. The highest BCUT2D eigenvalue weighted by Crippen LogP contribution is 2.67. The number of ketones is 2. The van der Waals surface area contributed by atoms with Gasteiger partial charge in [-0.15, -0.1) is 0 Å². The van der Waals surface area contributed by atoms with Crippen LogP contribution in [0.1, 0.15) is 32.5 Å². The maximum Gasteiger partial charge on any atom is 0.490 e. The number of phosphoric acid groups is 3. The summed E-state index contributed by atoms with van der Waals surface area (Å²) in [5.74, 6) is -1.83. The number of aromatic nitrogens is 4. The Morgan fingerprint density at radius 2 is 1.51 bits per heavy atom. The molecule has 20 nitrogen and oxygen atoms in total. The summed E-state index contributed by atoms with van der Waals surface area (Å²) in [5, 5.41) is 22.1. The van der Waals surface area contributed by atoms with Crippen LogP contribution in [0.2, 0.25) is 0 Å². The molecule has 6 atom stereocenters. The van der Waals surface area contributed by atoms with Crippen molar-refractivity contribution in [2.45, 2.75) is 24.0 Å². The summed E-state index contributed by atoms with van der Waals surface area (Å²) in [5.41, 5.74) is 2.70. The Morgan fingerprint density at radius 3 is 2.13 bits per heavy atom. The number of imidazole rings is 1. The second kappa shape index (κ2) is 12.8. The summed E-state index contributed by atoms with van der Waals surface area (Å²) in [6.45, 7) is -1.12. The number of nitrogens with zero attached hydrogens (tertiary/aromatic N) is 4. The van der Waals surface area contributed by atoms with E-state index in [4.69, 9.17) is 24.8 Å². The van der Waals surface area contributed by atoms with Gasteiger partial charge in [0, 0.05) is 16.7 Å². The van der Waals surface area contributed by atoms with E-state index in [9.17, 15) is 43.3 Å². The molecule has 8 N–H and O–H groups in total. The van der Waals surface area contributed by atoms with Gasteiger partial charge in [-0.2, -0.15) is 8.62 Å². The Balaban J connectivity index is 1.56. The number of ether oxygens (including phenoxy) is 1. The van der Waals surface area contributed by atoms with Crippen molar-refractivity contribution < 1.29 is 71.0 Å². The van der Waals surface area contributed by atoms with Gasteiger partial charge in [0.05, 0.1) is 12.9 Å². The number of carbonyl (C=O) groups excluding carboxylic acids is 2. The number of phosphoric ester groups is 1.